The van der Waals surface area contributed by atoms with E-state index < -0.39 is 11.6 Å². The predicted molar refractivity (Wildman–Crippen MR) is 151 cm³/mol. The van der Waals surface area contributed by atoms with Crippen LogP contribution in [0.25, 0.3) is 17.0 Å². The van der Waals surface area contributed by atoms with Gasteiger partial charge in [-0.05, 0) is 41.5 Å². The highest BCUT2D eigenvalue weighted by Gasteiger charge is 2.26. The van der Waals surface area contributed by atoms with Crippen LogP contribution in [0.2, 0.25) is 0 Å². The van der Waals surface area contributed by atoms with E-state index in [9.17, 15) is 13.6 Å². The number of carbonyl (C=O) groups is 1. The van der Waals surface area contributed by atoms with Crippen molar-refractivity contribution in [3.05, 3.63) is 120 Å². The monoisotopic (exact) mass is 527 g/mol. The highest BCUT2D eigenvalue weighted by atomic mass is 19.2. The number of fused-ring (bicyclic) bond motifs is 1. The van der Waals surface area contributed by atoms with E-state index in [1.807, 2.05) is 51.9 Å². The second-order valence-electron chi connectivity index (χ2n) is 9.56. The molecule has 2 heterocycles. The third kappa shape index (κ3) is 6.10. The highest BCUT2D eigenvalue weighted by Crippen LogP contribution is 2.31. The van der Waals surface area contributed by atoms with Gasteiger partial charge in [0.2, 0.25) is 0 Å². The normalized spacial score (nSPS) is 14.3. The van der Waals surface area contributed by atoms with Crippen molar-refractivity contribution in [3.63, 3.8) is 0 Å². The van der Waals surface area contributed by atoms with Crippen LogP contribution in [0.1, 0.15) is 21.6 Å². The maximum absolute atomic E-state index is 14.0. The van der Waals surface area contributed by atoms with Crippen molar-refractivity contribution in [3.8, 4) is 5.75 Å². The number of hydrogen-bond acceptors (Lipinski definition) is 3. The molecule has 5 nitrogen and oxygen atoms in total. The Morgan fingerprint density at radius 2 is 1.72 bits per heavy atom. The lowest BCUT2D eigenvalue weighted by Gasteiger charge is -2.34. The average Bonchev–Trinajstić information content (AvgIpc) is 3.33. The van der Waals surface area contributed by atoms with Crippen LogP contribution in [0, 0.1) is 11.6 Å². The lowest BCUT2D eigenvalue weighted by Crippen LogP contribution is -2.49. The van der Waals surface area contributed by atoms with E-state index in [0.29, 0.717) is 36.7 Å². The SMILES string of the molecule is C=CCOc1cccc2c1cc(C(=O)N1CCN(C/C=C/c3ccccc3)CC1)n2Cc1ccc(F)c(F)c1. The topological polar surface area (TPSA) is 37.7 Å². The van der Waals surface area contributed by atoms with E-state index in [0.717, 1.165) is 42.2 Å². The Labute approximate surface area is 227 Å². The summed E-state index contributed by atoms with van der Waals surface area (Å²) in [6.07, 6.45) is 5.93. The number of piperazine rings is 1. The molecule has 1 amide bonds. The van der Waals surface area contributed by atoms with Crippen LogP contribution in [0.4, 0.5) is 8.78 Å². The van der Waals surface area contributed by atoms with Gasteiger partial charge in [-0.1, -0.05) is 67.3 Å². The van der Waals surface area contributed by atoms with Crippen LogP contribution in [0.5, 0.6) is 5.75 Å². The first-order chi connectivity index (χ1) is 19.0. The van der Waals surface area contributed by atoms with Crippen LogP contribution in [0.15, 0.2) is 91.5 Å². The van der Waals surface area contributed by atoms with Crippen LogP contribution in [-0.4, -0.2) is 59.6 Å². The third-order valence-electron chi connectivity index (χ3n) is 6.94. The van der Waals surface area contributed by atoms with Gasteiger partial charge in [0.25, 0.3) is 5.91 Å². The van der Waals surface area contributed by atoms with Gasteiger partial charge < -0.3 is 14.2 Å². The van der Waals surface area contributed by atoms with Crippen molar-refractivity contribution >= 4 is 22.9 Å². The molecule has 1 aliphatic rings. The molecule has 0 aliphatic carbocycles. The summed E-state index contributed by atoms with van der Waals surface area (Å²) in [4.78, 5) is 18.0. The maximum atomic E-state index is 14.0. The Kier molecular flexibility index (Phi) is 8.18. The molecule has 1 aromatic heterocycles. The van der Waals surface area contributed by atoms with Gasteiger partial charge in [0.05, 0.1) is 5.52 Å². The minimum absolute atomic E-state index is 0.0945. The first-order valence-electron chi connectivity index (χ1n) is 13.1. The smallest absolute Gasteiger partial charge is 0.270 e. The molecule has 0 N–H and O–H groups in total. The van der Waals surface area contributed by atoms with E-state index in [1.54, 1.807) is 6.08 Å². The first-order valence-corrected chi connectivity index (χ1v) is 13.1. The minimum atomic E-state index is -0.913. The van der Waals surface area contributed by atoms with Gasteiger partial charge in [0.15, 0.2) is 11.6 Å². The molecule has 200 valence electrons. The number of nitrogens with zero attached hydrogens (tertiary/aromatic N) is 3. The number of aromatic nitrogens is 1. The van der Waals surface area contributed by atoms with Crippen molar-refractivity contribution < 1.29 is 18.3 Å². The zero-order valence-electron chi connectivity index (χ0n) is 21.7. The number of carbonyl (C=O) groups excluding carboxylic acids is 1. The standard InChI is InChI=1S/C32H31F2N3O2/c1-2-20-39-31-12-6-11-29-26(31)22-30(37(29)23-25-13-14-27(33)28(34)21-25)32(38)36-18-16-35(17-19-36)15-7-10-24-8-4-3-5-9-24/h2-14,21-22H,1,15-20,23H2/b10-7+. The molecule has 0 unspecified atom stereocenters. The number of ether oxygens (including phenoxy) is 1. The number of rotatable bonds is 9. The van der Waals surface area contributed by atoms with Crippen LogP contribution in [0.3, 0.4) is 0 Å². The molecule has 5 rings (SSSR count). The van der Waals surface area contributed by atoms with Gasteiger partial charge in [0, 0.05) is 44.7 Å². The fraction of sp³-hybridized carbons (Fsp3) is 0.219. The molecule has 0 saturated carbocycles. The number of halogens is 2. The maximum Gasteiger partial charge on any atom is 0.270 e. The van der Waals surface area contributed by atoms with Crippen LogP contribution >= 0.6 is 0 Å². The van der Waals surface area contributed by atoms with Crippen molar-refractivity contribution in [2.75, 3.05) is 39.3 Å². The molecule has 4 aromatic rings. The quantitative estimate of drug-likeness (QED) is 0.251. The lowest BCUT2D eigenvalue weighted by molar-refractivity contribution is 0.0640. The summed E-state index contributed by atoms with van der Waals surface area (Å²) in [5.74, 6) is -1.27. The molecule has 1 aliphatic heterocycles. The van der Waals surface area contributed by atoms with E-state index >= 15 is 0 Å². The van der Waals surface area contributed by atoms with Gasteiger partial charge in [0.1, 0.15) is 18.1 Å². The molecule has 0 bridgehead atoms. The summed E-state index contributed by atoms with van der Waals surface area (Å²) in [6, 6.07) is 21.5. The Balaban J connectivity index is 1.36. The summed E-state index contributed by atoms with van der Waals surface area (Å²) in [7, 11) is 0. The van der Waals surface area contributed by atoms with E-state index in [4.69, 9.17) is 4.74 Å². The fourth-order valence-corrected chi connectivity index (χ4v) is 4.90. The number of amides is 1. The molecule has 0 radical (unpaired) electrons. The second kappa shape index (κ2) is 12.1. The first kappa shape index (κ1) is 26.4. The fourth-order valence-electron chi connectivity index (χ4n) is 4.90. The minimum Gasteiger partial charge on any atom is -0.489 e. The van der Waals surface area contributed by atoms with Gasteiger partial charge in [-0.25, -0.2) is 8.78 Å². The number of hydrogen-bond donors (Lipinski definition) is 0. The molecule has 0 spiro atoms. The summed E-state index contributed by atoms with van der Waals surface area (Å²) in [5.41, 5.74) is 3.00. The second-order valence-corrected chi connectivity index (χ2v) is 9.56. The molecular formula is C32H31F2N3O2. The van der Waals surface area contributed by atoms with Gasteiger partial charge in [-0.3, -0.25) is 9.69 Å². The Morgan fingerprint density at radius 3 is 2.46 bits per heavy atom. The van der Waals surface area contributed by atoms with E-state index in [2.05, 4.69) is 35.8 Å². The molecule has 3 aromatic carbocycles. The molecule has 1 fully saturated rings. The average molecular weight is 528 g/mol. The zero-order valence-corrected chi connectivity index (χ0v) is 21.7. The Hall–Kier alpha value is -4.23. The Bertz CT molecular complexity index is 1490. The van der Waals surface area contributed by atoms with Crippen LogP contribution < -0.4 is 4.74 Å². The molecule has 39 heavy (non-hydrogen) atoms. The molecule has 0 atom stereocenters. The Morgan fingerprint density at radius 1 is 0.923 bits per heavy atom. The third-order valence-corrected chi connectivity index (χ3v) is 6.94. The van der Waals surface area contributed by atoms with Gasteiger partial charge in [-0.2, -0.15) is 0 Å². The molecule has 1 saturated heterocycles. The van der Waals surface area contributed by atoms with E-state index in [1.165, 1.54) is 12.1 Å². The molecule has 7 heteroatoms. The van der Waals surface area contributed by atoms with Crippen LogP contribution in [-0.2, 0) is 6.54 Å². The summed E-state index contributed by atoms with van der Waals surface area (Å²) in [6.45, 7) is 7.82. The predicted octanol–water partition coefficient (Wildman–Crippen LogP) is 6.00. The number of benzene rings is 3. The zero-order chi connectivity index (χ0) is 27.2. The van der Waals surface area contributed by atoms with Crippen molar-refractivity contribution in [1.29, 1.82) is 0 Å². The van der Waals surface area contributed by atoms with Crippen molar-refractivity contribution in [1.82, 2.24) is 14.4 Å². The van der Waals surface area contributed by atoms with E-state index in [-0.39, 0.29) is 12.5 Å². The van der Waals surface area contributed by atoms with Gasteiger partial charge >= 0.3 is 0 Å². The molecular weight excluding hydrogens is 496 g/mol. The van der Waals surface area contributed by atoms with Crippen molar-refractivity contribution in [2.45, 2.75) is 6.54 Å². The largest absolute Gasteiger partial charge is 0.489 e. The highest BCUT2D eigenvalue weighted by molar-refractivity contribution is 6.00. The summed E-state index contributed by atoms with van der Waals surface area (Å²) >= 11 is 0. The summed E-state index contributed by atoms with van der Waals surface area (Å²) < 4.78 is 35.3. The summed E-state index contributed by atoms with van der Waals surface area (Å²) in [5, 5.41) is 0.787. The lowest BCUT2D eigenvalue weighted by atomic mass is 10.2. The van der Waals surface area contributed by atoms with Gasteiger partial charge in [-0.15, -0.1) is 0 Å². The van der Waals surface area contributed by atoms with Crippen molar-refractivity contribution in [2.24, 2.45) is 0 Å².